The minimum atomic E-state index is -1.31. The summed E-state index contributed by atoms with van der Waals surface area (Å²) in [5.74, 6) is -5.15. The van der Waals surface area contributed by atoms with Crippen molar-refractivity contribution in [2.24, 2.45) is 29.1 Å². The number of nitrogens with zero attached hydrogens (tertiary/aromatic N) is 2. The van der Waals surface area contributed by atoms with E-state index < -0.39 is 35.0 Å². The zero-order chi connectivity index (χ0) is 32.7. The molecule has 0 spiro atoms. The lowest BCUT2D eigenvalue weighted by atomic mass is 9.51. The van der Waals surface area contributed by atoms with Crippen LogP contribution in [0.4, 0.5) is 11.4 Å². The van der Waals surface area contributed by atoms with Crippen LogP contribution in [0, 0.1) is 29.1 Å². The highest BCUT2D eigenvalue weighted by atomic mass is 79.9. The molecule has 7 rings (SSSR count). The molecule has 1 N–H and O–H groups in total. The van der Waals surface area contributed by atoms with Crippen LogP contribution < -0.4 is 14.5 Å². The number of anilines is 2. The lowest BCUT2D eigenvalue weighted by Crippen LogP contribution is -2.49. The van der Waals surface area contributed by atoms with Gasteiger partial charge in [0, 0.05) is 21.5 Å². The Hall–Kier alpha value is -4.57. The van der Waals surface area contributed by atoms with Crippen molar-refractivity contribution in [3.63, 3.8) is 0 Å². The summed E-state index contributed by atoms with van der Waals surface area (Å²) in [6.07, 6.45) is 2.38. The van der Waals surface area contributed by atoms with Crippen molar-refractivity contribution in [2.45, 2.75) is 32.6 Å². The number of rotatable bonds is 5. The molecule has 9 nitrogen and oxygen atoms in total. The number of aromatic hydroxyl groups is 1. The van der Waals surface area contributed by atoms with Gasteiger partial charge in [-0.05, 0) is 81.1 Å². The van der Waals surface area contributed by atoms with Gasteiger partial charge in [0.2, 0.25) is 23.6 Å². The third-order valence-corrected chi connectivity index (χ3v) is 10.9. The molecular formula is C36H31BrN2O7. The largest absolute Gasteiger partial charge is 0.504 e. The van der Waals surface area contributed by atoms with E-state index in [9.17, 15) is 29.1 Å². The average molecular weight is 684 g/mol. The molecule has 3 aromatic carbocycles. The van der Waals surface area contributed by atoms with Crippen LogP contribution in [-0.2, 0) is 19.2 Å². The van der Waals surface area contributed by atoms with Gasteiger partial charge in [-0.1, -0.05) is 45.8 Å². The summed E-state index contributed by atoms with van der Waals surface area (Å²) in [5, 5.41) is 11.5. The number of imide groups is 2. The molecule has 4 amide bonds. The fraction of sp³-hybridized carbons (Fsp3) is 0.306. The minimum absolute atomic E-state index is 0.128. The fourth-order valence-electron chi connectivity index (χ4n) is 8.25. The number of Topliss-reactive ketones (excluding diaryl/α,β-unsaturated/α-hetero) is 1. The second-order valence-electron chi connectivity index (χ2n) is 12.7. The Morgan fingerprint density at radius 1 is 0.913 bits per heavy atom. The number of benzene rings is 3. The number of hydrogen-bond donors (Lipinski definition) is 1. The smallest absolute Gasteiger partial charge is 0.241 e. The third-order valence-electron chi connectivity index (χ3n) is 10.4. The topological polar surface area (TPSA) is 121 Å². The van der Waals surface area contributed by atoms with Gasteiger partial charge in [0.05, 0.1) is 41.7 Å². The molecule has 3 aromatic rings. The van der Waals surface area contributed by atoms with Crippen LogP contribution in [0.3, 0.4) is 0 Å². The number of halogens is 1. The first-order valence-electron chi connectivity index (χ1n) is 15.2. The molecule has 6 atom stereocenters. The number of allylic oxidation sites excluding steroid dienone is 2. The Balaban J connectivity index is 1.38. The summed E-state index contributed by atoms with van der Waals surface area (Å²) < 4.78 is 6.08. The molecule has 0 bridgehead atoms. The van der Waals surface area contributed by atoms with E-state index >= 15 is 0 Å². The maximum Gasteiger partial charge on any atom is 0.241 e. The van der Waals surface area contributed by atoms with E-state index in [4.69, 9.17) is 4.74 Å². The van der Waals surface area contributed by atoms with E-state index in [0.717, 1.165) is 5.57 Å². The number of methoxy groups -OCH3 is 1. The number of phenolic OH excluding ortho intramolecular Hbond substituents is 1. The molecule has 2 aliphatic carbocycles. The second kappa shape index (κ2) is 10.8. The molecule has 3 fully saturated rings. The van der Waals surface area contributed by atoms with Crippen LogP contribution in [0.2, 0.25) is 0 Å². The fourth-order valence-corrected chi connectivity index (χ4v) is 8.71. The Kier molecular flexibility index (Phi) is 7.04. The van der Waals surface area contributed by atoms with E-state index in [0.29, 0.717) is 27.0 Å². The van der Waals surface area contributed by atoms with Crippen LogP contribution in [0.25, 0.3) is 0 Å². The Morgan fingerprint density at radius 3 is 2.24 bits per heavy atom. The van der Waals surface area contributed by atoms with Gasteiger partial charge in [-0.3, -0.25) is 28.9 Å². The molecule has 234 valence electrons. The molecule has 0 radical (unpaired) electrons. The minimum Gasteiger partial charge on any atom is -0.504 e. The monoisotopic (exact) mass is 682 g/mol. The summed E-state index contributed by atoms with van der Waals surface area (Å²) in [4.78, 5) is 71.2. The standard InChI is InChI=1S/C36H31BrN2O7/c1-18(40)19-9-11-22(12-10-19)38-32(42)24-14-13-23-25(29(24)34(38)44)17-27-33(43)39(21-7-5-4-6-8-21)35(45)36(27,2)30(23)26-15-20(37)16-28(46-3)31(26)41/h4-13,15-16,24-25,27,29-30,41H,14,17H2,1-3H3. The SMILES string of the molecule is COc1cc(Br)cc(C2C3=CCC4C(=O)N(c5ccc(C(C)=O)cc5)C(=O)C4C3CC3C(=O)N(c4ccccc4)C(=O)C32C)c1O. The number of ether oxygens (including phenoxy) is 1. The predicted octanol–water partition coefficient (Wildman–Crippen LogP) is 5.80. The second-order valence-corrected chi connectivity index (χ2v) is 13.6. The Labute approximate surface area is 274 Å². The van der Waals surface area contributed by atoms with Gasteiger partial charge < -0.3 is 9.84 Å². The molecule has 6 unspecified atom stereocenters. The van der Waals surface area contributed by atoms with Crippen LogP contribution >= 0.6 is 15.9 Å². The van der Waals surface area contributed by atoms with E-state index in [1.54, 1.807) is 73.7 Å². The van der Waals surface area contributed by atoms with Gasteiger partial charge in [0.1, 0.15) is 0 Å². The maximum atomic E-state index is 14.5. The van der Waals surface area contributed by atoms with E-state index in [-0.39, 0.29) is 53.8 Å². The number of para-hydroxylation sites is 1. The lowest BCUT2D eigenvalue weighted by molar-refractivity contribution is -0.131. The number of ketones is 1. The van der Waals surface area contributed by atoms with Crippen LogP contribution in [0.1, 0.15) is 48.5 Å². The number of hydrogen-bond acceptors (Lipinski definition) is 7. The van der Waals surface area contributed by atoms with Gasteiger partial charge in [-0.2, -0.15) is 0 Å². The van der Waals surface area contributed by atoms with Crippen molar-refractivity contribution in [3.05, 3.63) is 94.0 Å². The van der Waals surface area contributed by atoms with Crippen molar-refractivity contribution < 1.29 is 33.8 Å². The van der Waals surface area contributed by atoms with Gasteiger partial charge in [0.25, 0.3) is 0 Å². The number of phenols is 1. The molecule has 2 aliphatic heterocycles. The number of amides is 4. The summed E-state index contributed by atoms with van der Waals surface area (Å²) in [6.45, 7) is 3.22. The normalized spacial score (nSPS) is 28.5. The zero-order valence-electron chi connectivity index (χ0n) is 25.4. The predicted molar refractivity (Wildman–Crippen MR) is 172 cm³/mol. The van der Waals surface area contributed by atoms with Crippen molar-refractivity contribution in [2.75, 3.05) is 16.9 Å². The van der Waals surface area contributed by atoms with E-state index in [1.807, 2.05) is 6.08 Å². The summed E-state index contributed by atoms with van der Waals surface area (Å²) in [6, 6.07) is 18.5. The first-order valence-corrected chi connectivity index (χ1v) is 16.0. The third kappa shape index (κ3) is 4.15. The van der Waals surface area contributed by atoms with Gasteiger partial charge in [0.15, 0.2) is 17.3 Å². The Morgan fingerprint density at radius 2 is 1.59 bits per heavy atom. The summed E-state index contributed by atoms with van der Waals surface area (Å²) >= 11 is 3.52. The van der Waals surface area contributed by atoms with Crippen LogP contribution in [-0.4, -0.2) is 41.6 Å². The lowest BCUT2D eigenvalue weighted by Gasteiger charge is -2.49. The van der Waals surface area contributed by atoms with E-state index in [2.05, 4.69) is 15.9 Å². The highest BCUT2D eigenvalue weighted by Crippen LogP contribution is 2.65. The maximum absolute atomic E-state index is 14.5. The molecule has 1 saturated carbocycles. The number of fused-ring (bicyclic) bond motifs is 4. The van der Waals surface area contributed by atoms with Crippen molar-refractivity contribution >= 4 is 56.7 Å². The van der Waals surface area contributed by atoms with Crippen molar-refractivity contribution in [1.29, 1.82) is 0 Å². The van der Waals surface area contributed by atoms with Crippen molar-refractivity contribution in [1.82, 2.24) is 0 Å². The summed E-state index contributed by atoms with van der Waals surface area (Å²) in [5.41, 5.74) is 1.14. The van der Waals surface area contributed by atoms with Gasteiger partial charge >= 0.3 is 0 Å². The Bertz CT molecular complexity index is 1870. The molecule has 4 aliphatic rings. The summed E-state index contributed by atoms with van der Waals surface area (Å²) in [7, 11) is 1.44. The molecular weight excluding hydrogens is 652 g/mol. The number of carbonyl (C=O) groups excluding carboxylic acids is 5. The molecule has 2 saturated heterocycles. The first-order chi connectivity index (χ1) is 22.0. The first kappa shape index (κ1) is 30.1. The highest BCUT2D eigenvalue weighted by Gasteiger charge is 2.68. The van der Waals surface area contributed by atoms with Crippen LogP contribution in [0.5, 0.6) is 11.5 Å². The van der Waals surface area contributed by atoms with Crippen LogP contribution in [0.15, 0.2) is 82.9 Å². The molecule has 2 heterocycles. The molecule has 0 aromatic heterocycles. The highest BCUT2D eigenvalue weighted by molar-refractivity contribution is 9.10. The molecule has 10 heteroatoms. The van der Waals surface area contributed by atoms with Gasteiger partial charge in [-0.25, -0.2) is 4.90 Å². The average Bonchev–Trinajstić information content (AvgIpc) is 3.42. The van der Waals surface area contributed by atoms with Gasteiger partial charge in [-0.15, -0.1) is 0 Å². The van der Waals surface area contributed by atoms with E-state index in [1.165, 1.54) is 23.8 Å². The zero-order valence-corrected chi connectivity index (χ0v) is 27.0. The quantitative estimate of drug-likeness (QED) is 0.205. The molecule has 46 heavy (non-hydrogen) atoms. The number of carbonyl (C=O) groups is 5. The van der Waals surface area contributed by atoms with Crippen molar-refractivity contribution in [3.8, 4) is 11.5 Å².